The number of carbonyl (C=O) groups is 4. The second-order valence-electron chi connectivity index (χ2n) is 12.0. The van der Waals surface area contributed by atoms with Crippen molar-refractivity contribution in [1.29, 1.82) is 5.26 Å². The molecule has 1 heterocycles. The van der Waals surface area contributed by atoms with Gasteiger partial charge >= 0.3 is 0 Å². The Labute approximate surface area is 273 Å². The maximum atomic E-state index is 13.4. The van der Waals surface area contributed by atoms with Crippen LogP contribution in [0.5, 0.6) is 5.75 Å². The van der Waals surface area contributed by atoms with Crippen molar-refractivity contribution in [2.24, 2.45) is 0 Å². The molecule has 3 aromatic rings. The van der Waals surface area contributed by atoms with E-state index in [0.29, 0.717) is 17.1 Å². The summed E-state index contributed by atoms with van der Waals surface area (Å²) in [5.74, 6) is -2.03. The van der Waals surface area contributed by atoms with Gasteiger partial charge < -0.3 is 35.6 Å². The Kier molecular flexibility index (Phi) is 12.4. The average molecular weight is 645 g/mol. The summed E-state index contributed by atoms with van der Waals surface area (Å²) < 4.78 is 10.8. The largest absolute Gasteiger partial charge is 0.491 e. The molecule has 0 saturated carbocycles. The zero-order valence-electron chi connectivity index (χ0n) is 27.2. The summed E-state index contributed by atoms with van der Waals surface area (Å²) in [5, 5.41) is 34.0. The highest BCUT2D eigenvalue weighted by Gasteiger charge is 2.31. The molecule has 1 aromatic heterocycles. The molecule has 0 aliphatic rings. The van der Waals surface area contributed by atoms with Crippen molar-refractivity contribution < 1.29 is 33.5 Å². The number of rotatable bonds is 13. The number of nitrogens with zero attached hydrogens (tertiary/aromatic N) is 2. The molecule has 5 N–H and O–H groups in total. The lowest BCUT2D eigenvalue weighted by atomic mass is 10.1. The van der Waals surface area contributed by atoms with E-state index in [4.69, 9.17) is 9.26 Å². The van der Waals surface area contributed by atoms with E-state index >= 15 is 0 Å². The Morgan fingerprint density at radius 3 is 2.34 bits per heavy atom. The van der Waals surface area contributed by atoms with Crippen LogP contribution in [0.25, 0.3) is 6.08 Å². The molecule has 0 saturated heterocycles. The minimum Gasteiger partial charge on any atom is -0.491 e. The fourth-order valence-corrected chi connectivity index (χ4v) is 4.15. The van der Waals surface area contributed by atoms with Crippen LogP contribution in [-0.4, -0.2) is 64.2 Å². The lowest BCUT2D eigenvalue weighted by Crippen LogP contribution is -2.58. The molecule has 0 radical (unpaired) electrons. The van der Waals surface area contributed by atoms with Crippen LogP contribution in [0.2, 0.25) is 0 Å². The van der Waals surface area contributed by atoms with E-state index in [1.165, 1.54) is 19.1 Å². The van der Waals surface area contributed by atoms with Crippen molar-refractivity contribution in [1.82, 2.24) is 26.4 Å². The van der Waals surface area contributed by atoms with Crippen LogP contribution in [0.3, 0.4) is 0 Å². The number of aliphatic hydroxyl groups is 1. The van der Waals surface area contributed by atoms with Gasteiger partial charge in [0.2, 0.25) is 11.8 Å². The van der Waals surface area contributed by atoms with E-state index in [9.17, 15) is 29.5 Å². The van der Waals surface area contributed by atoms with Crippen LogP contribution in [0, 0.1) is 25.2 Å². The second-order valence-corrected chi connectivity index (χ2v) is 12.0. The summed E-state index contributed by atoms with van der Waals surface area (Å²) in [4.78, 5) is 51.9. The number of aromatic nitrogens is 1. The molecular weight excluding hydrogens is 604 g/mol. The number of aryl methyl sites for hydroxylation is 2. The zero-order chi connectivity index (χ0) is 34.7. The molecule has 0 aliphatic heterocycles. The van der Waals surface area contributed by atoms with Gasteiger partial charge in [-0.3, -0.25) is 19.2 Å². The number of carbonyl (C=O) groups excluding carboxylic acids is 4. The number of benzene rings is 2. The number of nitriles is 1. The lowest BCUT2D eigenvalue weighted by molar-refractivity contribution is -0.132. The van der Waals surface area contributed by atoms with E-state index in [1.54, 1.807) is 52.0 Å². The van der Waals surface area contributed by atoms with Gasteiger partial charge in [-0.25, -0.2) is 0 Å². The Bertz CT molecular complexity index is 1650. The Hall–Kier alpha value is -5.48. The fourth-order valence-electron chi connectivity index (χ4n) is 4.15. The predicted molar refractivity (Wildman–Crippen MR) is 173 cm³/mol. The first-order valence-corrected chi connectivity index (χ1v) is 14.9. The van der Waals surface area contributed by atoms with Crippen LogP contribution in [0.1, 0.15) is 60.6 Å². The van der Waals surface area contributed by atoms with Gasteiger partial charge in [0, 0.05) is 18.2 Å². The van der Waals surface area contributed by atoms with Gasteiger partial charge in [0.15, 0.2) is 5.69 Å². The fraction of sp³-hybridized carbons (Fsp3) is 0.353. The number of amides is 4. The molecule has 0 fully saturated rings. The number of nitrogens with one attached hydrogen (secondary N) is 4. The predicted octanol–water partition coefficient (Wildman–Crippen LogP) is 2.47. The second kappa shape index (κ2) is 16.2. The van der Waals surface area contributed by atoms with Gasteiger partial charge in [-0.2, -0.15) is 5.26 Å². The van der Waals surface area contributed by atoms with Gasteiger partial charge in [0.25, 0.3) is 11.8 Å². The van der Waals surface area contributed by atoms with Gasteiger partial charge in [0.05, 0.1) is 6.10 Å². The van der Waals surface area contributed by atoms with Crippen LogP contribution >= 0.6 is 0 Å². The molecule has 47 heavy (non-hydrogen) atoms. The van der Waals surface area contributed by atoms with Crippen molar-refractivity contribution in [3.8, 4) is 11.8 Å². The summed E-state index contributed by atoms with van der Waals surface area (Å²) in [5.41, 5.74) is 1.65. The van der Waals surface area contributed by atoms with Crippen LogP contribution in [0.4, 0.5) is 0 Å². The third kappa shape index (κ3) is 11.4. The van der Waals surface area contributed by atoms with E-state index < -0.39 is 47.4 Å². The molecule has 4 amide bonds. The van der Waals surface area contributed by atoms with Crippen LogP contribution in [-0.2, 0) is 20.9 Å². The first-order chi connectivity index (χ1) is 22.1. The van der Waals surface area contributed by atoms with Gasteiger partial charge in [0.1, 0.15) is 41.8 Å². The minimum atomic E-state index is -1.44. The van der Waals surface area contributed by atoms with Crippen molar-refractivity contribution >= 4 is 29.7 Å². The van der Waals surface area contributed by atoms with E-state index in [1.807, 2.05) is 37.3 Å². The molecule has 3 rings (SSSR count). The molecule has 13 heteroatoms. The summed E-state index contributed by atoms with van der Waals surface area (Å²) in [7, 11) is 0. The van der Waals surface area contributed by atoms with E-state index in [2.05, 4.69) is 26.4 Å². The normalized spacial score (nSPS) is 13.4. The third-order valence-electron chi connectivity index (χ3n) is 6.57. The smallest absolute Gasteiger partial charge is 0.274 e. The minimum absolute atomic E-state index is 0.0824. The maximum absolute atomic E-state index is 13.4. The van der Waals surface area contributed by atoms with Crippen molar-refractivity contribution in [2.45, 2.75) is 71.8 Å². The van der Waals surface area contributed by atoms with Gasteiger partial charge in [-0.15, -0.1) is 0 Å². The highest BCUT2D eigenvalue weighted by Crippen LogP contribution is 2.17. The molecule has 0 aliphatic carbocycles. The number of aliphatic hydroxyl groups excluding tert-OH is 1. The highest BCUT2D eigenvalue weighted by molar-refractivity contribution is 6.02. The molecule has 0 bridgehead atoms. The number of ether oxygens (including phenoxy) is 1. The molecule has 0 spiro atoms. The molecule has 3 atom stereocenters. The zero-order valence-corrected chi connectivity index (χ0v) is 27.2. The first-order valence-electron chi connectivity index (χ1n) is 14.9. The molecule has 2 aromatic carbocycles. The van der Waals surface area contributed by atoms with Crippen molar-refractivity contribution in [3.05, 3.63) is 88.3 Å². The lowest BCUT2D eigenvalue weighted by Gasteiger charge is -2.24. The average Bonchev–Trinajstić information content (AvgIpc) is 3.45. The van der Waals surface area contributed by atoms with Gasteiger partial charge in [-0.05, 0) is 70.9 Å². The number of hydrogen-bond donors (Lipinski definition) is 5. The van der Waals surface area contributed by atoms with Crippen LogP contribution in [0.15, 0.2) is 64.7 Å². The molecule has 3 unspecified atom stereocenters. The Morgan fingerprint density at radius 1 is 1.04 bits per heavy atom. The summed E-state index contributed by atoms with van der Waals surface area (Å²) in [6, 6.07) is 14.6. The summed E-state index contributed by atoms with van der Waals surface area (Å²) in [6.45, 7) is 10.1. The van der Waals surface area contributed by atoms with Gasteiger partial charge in [-0.1, -0.05) is 47.1 Å². The summed E-state index contributed by atoms with van der Waals surface area (Å²) in [6.07, 6.45) is 0.0747. The van der Waals surface area contributed by atoms with E-state index in [0.717, 1.165) is 11.1 Å². The highest BCUT2D eigenvalue weighted by atomic mass is 16.5. The first kappa shape index (κ1) is 36.0. The standard InChI is InChI=1S/C34H40N6O7/c1-20-10-12-23(13-11-20)18-36-31(43)28(37-33(45)29(22(3)41)38-32(44)27-14-21(2)47-40-27)19-46-26-9-7-8-24(16-26)15-25(17-35)30(42)39-34(4,5)6/h7-16,22,28-29,41H,18-19H2,1-6H3,(H,36,43)(H,37,45)(H,38,44)(H,39,42). The molecular formula is C34H40N6O7. The third-order valence-corrected chi connectivity index (χ3v) is 6.57. The van der Waals surface area contributed by atoms with Crippen molar-refractivity contribution in [3.63, 3.8) is 0 Å². The van der Waals surface area contributed by atoms with Crippen LogP contribution < -0.4 is 26.0 Å². The SMILES string of the molecule is Cc1ccc(CNC(=O)C(COc2cccc(C=C(C#N)C(=O)NC(C)(C)C)c2)NC(=O)C(NC(=O)c2cc(C)on2)C(C)O)cc1. The molecule has 248 valence electrons. The number of hydrogen-bond acceptors (Lipinski definition) is 9. The van der Waals surface area contributed by atoms with E-state index in [-0.39, 0.29) is 24.4 Å². The molecule has 13 nitrogen and oxygen atoms in total. The van der Waals surface area contributed by atoms with Crippen molar-refractivity contribution in [2.75, 3.05) is 6.61 Å². The topological polar surface area (TPSA) is 196 Å². The quantitative estimate of drug-likeness (QED) is 0.137. The maximum Gasteiger partial charge on any atom is 0.274 e. The monoisotopic (exact) mass is 644 g/mol. The Balaban J connectivity index is 1.79. The summed E-state index contributed by atoms with van der Waals surface area (Å²) >= 11 is 0. The Morgan fingerprint density at radius 2 is 1.74 bits per heavy atom.